The van der Waals surface area contributed by atoms with Gasteiger partial charge in [0.05, 0.1) is 6.29 Å². The number of carboxylic acids is 1. The Bertz CT molecular complexity index is 153. The van der Waals surface area contributed by atoms with Gasteiger partial charge >= 0.3 is 32.7 Å². The molecule has 0 aromatic carbocycles. The van der Waals surface area contributed by atoms with Crippen molar-refractivity contribution in [3.63, 3.8) is 0 Å². The summed E-state index contributed by atoms with van der Waals surface area (Å²) in [4.78, 5) is 19.0. The van der Waals surface area contributed by atoms with Gasteiger partial charge in [0.25, 0.3) is 0 Å². The number of carbonyl (C=O) groups excluding carboxylic acids is 2. The van der Waals surface area contributed by atoms with Crippen molar-refractivity contribution in [3.05, 3.63) is 6.92 Å². The van der Waals surface area contributed by atoms with Gasteiger partial charge in [-0.3, -0.25) is 0 Å². The van der Waals surface area contributed by atoms with Crippen LogP contribution in [0.4, 0.5) is 0 Å². The van der Waals surface area contributed by atoms with Gasteiger partial charge in [0.2, 0.25) is 0 Å². The molecule has 0 spiro atoms. The summed E-state index contributed by atoms with van der Waals surface area (Å²) in [5, 5.41) is 8.89. The van der Waals surface area contributed by atoms with E-state index in [4.69, 9.17) is 19.4 Å². The fraction of sp³-hybridized carbons (Fsp3) is 0.750. The summed E-state index contributed by atoms with van der Waals surface area (Å²) in [6.07, 6.45) is 2.66. The molecule has 0 unspecified atom stereocenters. The predicted octanol–water partition coefficient (Wildman–Crippen LogP) is 0.869. The molecule has 0 atom stereocenters. The van der Waals surface area contributed by atoms with Crippen molar-refractivity contribution in [1.82, 2.24) is 0 Å². The molecule has 0 aliphatic rings. The van der Waals surface area contributed by atoms with Crippen LogP contribution in [0.2, 0.25) is 0 Å². The average molecular weight is 336 g/mol. The molecule has 0 saturated carbocycles. The fourth-order valence-corrected chi connectivity index (χ4v) is 0.566. The van der Waals surface area contributed by atoms with Gasteiger partial charge in [-0.2, -0.15) is 6.92 Å². The molecule has 5 nitrogen and oxygen atoms in total. The number of aliphatic carboxylic acids is 1. The van der Waals surface area contributed by atoms with E-state index in [2.05, 4.69) is 6.92 Å². The second-order valence-electron chi connectivity index (χ2n) is 2.68. The Kier molecular flexibility index (Phi) is 38.3. The third-order valence-electron chi connectivity index (χ3n) is 1.04. The first-order valence-corrected chi connectivity index (χ1v) is 5.57. The monoisotopic (exact) mass is 336 g/mol. The van der Waals surface area contributed by atoms with Crippen molar-refractivity contribution < 1.29 is 56.9 Å². The first kappa shape index (κ1) is 26.7. The average Bonchev–Trinajstić information content (AvgIpc) is 2.31. The van der Waals surface area contributed by atoms with Crippen LogP contribution in [0.15, 0.2) is 0 Å². The van der Waals surface area contributed by atoms with Crippen LogP contribution in [0, 0.1) is 6.92 Å². The van der Waals surface area contributed by atoms with E-state index in [1.165, 1.54) is 0 Å². The molecule has 0 heterocycles. The second-order valence-corrected chi connectivity index (χ2v) is 2.68. The van der Waals surface area contributed by atoms with Gasteiger partial charge in [-0.25, -0.2) is 6.29 Å². The first-order valence-electron chi connectivity index (χ1n) is 5.57. The van der Waals surface area contributed by atoms with Gasteiger partial charge in [-0.15, -0.1) is 0 Å². The first-order chi connectivity index (χ1) is 8.08. The van der Waals surface area contributed by atoms with Crippen LogP contribution in [-0.2, 0) is 51.8 Å². The van der Waals surface area contributed by atoms with Crippen LogP contribution in [0.5, 0.6) is 0 Å². The molecule has 18 heavy (non-hydrogen) atoms. The number of ether oxygens (including phenoxy) is 2. The van der Waals surface area contributed by atoms with Crippen LogP contribution in [0.1, 0.15) is 40.5 Å². The predicted molar refractivity (Wildman–Crippen MR) is 63.7 cm³/mol. The molecule has 0 bridgehead atoms. The van der Waals surface area contributed by atoms with Crippen molar-refractivity contribution in [3.8, 4) is 0 Å². The van der Waals surface area contributed by atoms with Gasteiger partial charge in [-0.05, 0) is 19.8 Å². The quantitative estimate of drug-likeness (QED) is 0.509. The van der Waals surface area contributed by atoms with Crippen LogP contribution in [0.3, 0.4) is 0 Å². The molecule has 6 heteroatoms. The number of hydrogen-bond acceptors (Lipinski definition) is 5. The standard InChI is InChI=1S/C8H15O3.C2H4O2.C2H5.Y/c1-3-5-10-8(7-9)11-6-4-2;1-2(3)4;1-2;/h8H,3-6H2,1-2H3;1H3,(H,3,4);1H2,2H3;/q-1;;-1;+3/p-1. The third-order valence-corrected chi connectivity index (χ3v) is 1.04. The molecular weight excluding hydrogens is 313 g/mol. The van der Waals surface area contributed by atoms with Crippen LogP contribution >= 0.6 is 0 Å². The van der Waals surface area contributed by atoms with Crippen LogP contribution in [-0.4, -0.2) is 31.8 Å². The largest absolute Gasteiger partial charge is 3.00 e. The Morgan fingerprint density at radius 1 is 1.22 bits per heavy atom. The summed E-state index contributed by atoms with van der Waals surface area (Å²) in [7, 11) is 0. The van der Waals surface area contributed by atoms with Crippen LogP contribution < -0.4 is 5.11 Å². The fourth-order valence-electron chi connectivity index (χ4n) is 0.566. The van der Waals surface area contributed by atoms with Gasteiger partial charge in [-0.1, -0.05) is 13.8 Å². The van der Waals surface area contributed by atoms with E-state index in [1.54, 1.807) is 13.2 Å². The summed E-state index contributed by atoms with van der Waals surface area (Å²) in [6, 6.07) is 0. The maximum Gasteiger partial charge on any atom is 3.00 e. The van der Waals surface area contributed by atoms with E-state index in [-0.39, 0.29) is 32.7 Å². The zero-order valence-electron chi connectivity index (χ0n) is 11.7. The van der Waals surface area contributed by atoms with E-state index in [1.807, 2.05) is 13.8 Å². The normalized spacial score (nSPS) is 8.11. The molecule has 0 aromatic heterocycles. The summed E-state index contributed by atoms with van der Waals surface area (Å²) < 4.78 is 9.99. The van der Waals surface area contributed by atoms with Gasteiger partial charge < -0.3 is 31.1 Å². The summed E-state index contributed by atoms with van der Waals surface area (Å²) in [5.74, 6) is -1.08. The molecule has 104 valence electrons. The van der Waals surface area contributed by atoms with E-state index in [0.717, 1.165) is 19.8 Å². The Labute approximate surface area is 135 Å². The minimum atomic E-state index is -1.08. The molecule has 0 aromatic rings. The number of rotatable bonds is 7. The van der Waals surface area contributed by atoms with E-state index in [9.17, 15) is 4.79 Å². The maximum absolute atomic E-state index is 10.1. The van der Waals surface area contributed by atoms with Crippen molar-refractivity contribution in [2.45, 2.75) is 46.8 Å². The Morgan fingerprint density at radius 3 is 1.67 bits per heavy atom. The van der Waals surface area contributed by atoms with Crippen LogP contribution in [0.25, 0.3) is 0 Å². The van der Waals surface area contributed by atoms with Crippen molar-refractivity contribution in [1.29, 1.82) is 0 Å². The molecule has 0 radical (unpaired) electrons. The Morgan fingerprint density at radius 2 is 1.50 bits per heavy atom. The minimum Gasteiger partial charge on any atom is -0.550 e. The SMILES string of the molecule is CC(=O)[O-].CCCOC([C-]=O)OCCC.[CH2-]C.[Y+3]. The summed E-state index contributed by atoms with van der Waals surface area (Å²) in [5.41, 5.74) is 0. The van der Waals surface area contributed by atoms with Crippen molar-refractivity contribution >= 4 is 12.3 Å². The van der Waals surface area contributed by atoms with Crippen molar-refractivity contribution in [2.75, 3.05) is 13.2 Å². The Hall–Kier alpha value is 0.164. The molecule has 0 aliphatic carbocycles. The zero-order chi connectivity index (χ0) is 14.1. The van der Waals surface area contributed by atoms with E-state index >= 15 is 0 Å². The second kappa shape index (κ2) is 25.9. The number of hydrogen-bond donors (Lipinski definition) is 0. The van der Waals surface area contributed by atoms with Gasteiger partial charge in [0.15, 0.2) is 0 Å². The van der Waals surface area contributed by atoms with Gasteiger partial charge in [0.1, 0.15) is 0 Å². The van der Waals surface area contributed by atoms with E-state index in [0.29, 0.717) is 13.2 Å². The molecule has 0 N–H and O–H groups in total. The third kappa shape index (κ3) is 36.0. The molecule has 0 rings (SSSR count). The number of carbonyl (C=O) groups is 1. The minimum absolute atomic E-state index is 0. The van der Waals surface area contributed by atoms with Crippen molar-refractivity contribution in [2.24, 2.45) is 0 Å². The van der Waals surface area contributed by atoms with Gasteiger partial charge in [0, 0.05) is 19.2 Å². The molecule has 0 amide bonds. The smallest absolute Gasteiger partial charge is 0.550 e. The summed E-state index contributed by atoms with van der Waals surface area (Å²) in [6.45, 7) is 11.0. The molecule has 0 aliphatic heterocycles. The zero-order valence-corrected chi connectivity index (χ0v) is 14.6. The molecule has 0 saturated heterocycles. The van der Waals surface area contributed by atoms with E-state index < -0.39 is 12.3 Å². The molecular formula is C12H23O5Y. The topological polar surface area (TPSA) is 75.7 Å². The Balaban J connectivity index is -0.000000119. The maximum atomic E-state index is 10.1. The summed E-state index contributed by atoms with van der Waals surface area (Å²) >= 11 is 0. The number of carboxylic acid groups (broad SMARTS) is 1. The molecule has 0 fully saturated rings.